The van der Waals surface area contributed by atoms with E-state index in [0.717, 1.165) is 21.7 Å². The first-order valence-electron chi connectivity index (χ1n) is 10.2. The van der Waals surface area contributed by atoms with Crippen LogP contribution in [0.2, 0.25) is 0 Å². The van der Waals surface area contributed by atoms with Crippen LogP contribution in [0.5, 0.6) is 0 Å². The van der Waals surface area contributed by atoms with Crippen molar-refractivity contribution < 1.29 is 9.36 Å². The SMILES string of the molecule is CC(=O)c1cccc([C@H](NP(=O)(c2ccccc2)c2ccccc2)c2ccccc2)c1. The van der Waals surface area contributed by atoms with Crippen molar-refractivity contribution in [3.63, 3.8) is 0 Å². The fourth-order valence-corrected chi connectivity index (χ4v) is 6.12. The van der Waals surface area contributed by atoms with Gasteiger partial charge in [-0.2, -0.15) is 0 Å². The molecule has 4 aromatic rings. The van der Waals surface area contributed by atoms with Gasteiger partial charge >= 0.3 is 0 Å². The molecule has 0 aliphatic carbocycles. The molecule has 0 saturated heterocycles. The third-order valence-electron chi connectivity index (χ3n) is 5.31. The van der Waals surface area contributed by atoms with E-state index in [-0.39, 0.29) is 11.8 Å². The Balaban J connectivity index is 1.87. The Morgan fingerprint density at radius 3 is 1.68 bits per heavy atom. The molecule has 0 amide bonds. The predicted octanol–water partition coefficient (Wildman–Crippen LogP) is 5.50. The lowest BCUT2D eigenvalue weighted by Gasteiger charge is -2.28. The Morgan fingerprint density at radius 2 is 1.16 bits per heavy atom. The Bertz CT molecular complexity index is 1160. The van der Waals surface area contributed by atoms with Crippen molar-refractivity contribution in [3.05, 3.63) is 132 Å². The number of carbonyl (C=O) groups excluding carboxylic acids is 1. The average Bonchev–Trinajstić information content (AvgIpc) is 2.84. The van der Waals surface area contributed by atoms with Gasteiger partial charge in [-0.25, -0.2) is 5.09 Å². The maximum atomic E-state index is 14.6. The van der Waals surface area contributed by atoms with Gasteiger partial charge in [0.15, 0.2) is 5.78 Å². The van der Waals surface area contributed by atoms with Crippen molar-refractivity contribution in [1.29, 1.82) is 0 Å². The zero-order valence-electron chi connectivity index (χ0n) is 17.3. The largest absolute Gasteiger partial charge is 0.296 e. The number of benzene rings is 4. The first-order valence-corrected chi connectivity index (χ1v) is 11.9. The van der Waals surface area contributed by atoms with Gasteiger partial charge in [0.1, 0.15) is 0 Å². The highest BCUT2D eigenvalue weighted by molar-refractivity contribution is 7.76. The molecule has 0 heterocycles. The first-order chi connectivity index (χ1) is 15.1. The zero-order valence-corrected chi connectivity index (χ0v) is 18.2. The van der Waals surface area contributed by atoms with Crippen LogP contribution in [0.15, 0.2) is 115 Å². The Hall–Kier alpha value is -3.26. The second-order valence-corrected chi connectivity index (χ2v) is 9.94. The lowest BCUT2D eigenvalue weighted by atomic mass is 9.97. The van der Waals surface area contributed by atoms with Crippen LogP contribution in [-0.2, 0) is 4.57 Å². The number of rotatable bonds is 7. The molecule has 4 rings (SSSR count). The molecule has 4 aromatic carbocycles. The van der Waals surface area contributed by atoms with Crippen molar-refractivity contribution in [2.24, 2.45) is 0 Å². The van der Waals surface area contributed by atoms with Crippen LogP contribution in [0.25, 0.3) is 0 Å². The number of nitrogens with one attached hydrogen (secondary N) is 1. The maximum Gasteiger partial charge on any atom is 0.205 e. The molecule has 0 saturated carbocycles. The molecule has 0 aromatic heterocycles. The van der Waals surface area contributed by atoms with Crippen molar-refractivity contribution in [3.8, 4) is 0 Å². The molecule has 1 N–H and O–H groups in total. The van der Waals surface area contributed by atoms with Crippen molar-refractivity contribution in [2.45, 2.75) is 13.0 Å². The van der Waals surface area contributed by atoms with E-state index in [2.05, 4.69) is 5.09 Å². The quantitative estimate of drug-likeness (QED) is 0.314. The second kappa shape index (κ2) is 9.26. The predicted molar refractivity (Wildman–Crippen MR) is 128 cm³/mol. The number of hydrogen-bond donors (Lipinski definition) is 1. The molecule has 4 heteroatoms. The first kappa shape index (κ1) is 21.0. The minimum atomic E-state index is -3.18. The molecule has 0 aliphatic heterocycles. The van der Waals surface area contributed by atoms with Crippen LogP contribution in [-0.4, -0.2) is 5.78 Å². The minimum absolute atomic E-state index is 0.00274. The average molecular weight is 425 g/mol. The topological polar surface area (TPSA) is 46.2 Å². The van der Waals surface area contributed by atoms with Gasteiger partial charge in [-0.1, -0.05) is 84.9 Å². The van der Waals surface area contributed by atoms with Gasteiger partial charge in [0, 0.05) is 16.2 Å². The summed E-state index contributed by atoms with van der Waals surface area (Å²) < 4.78 is 14.6. The fraction of sp³-hybridized carbons (Fsp3) is 0.0741. The van der Waals surface area contributed by atoms with E-state index in [0.29, 0.717) is 5.56 Å². The fourth-order valence-electron chi connectivity index (χ4n) is 3.68. The van der Waals surface area contributed by atoms with Crippen LogP contribution >= 0.6 is 7.29 Å². The van der Waals surface area contributed by atoms with E-state index >= 15 is 0 Å². The van der Waals surface area contributed by atoms with Gasteiger partial charge < -0.3 is 0 Å². The molecule has 0 aliphatic rings. The molecule has 0 radical (unpaired) electrons. The Kier molecular flexibility index (Phi) is 6.27. The summed E-state index contributed by atoms with van der Waals surface area (Å²) in [6, 6.07) is 36.1. The summed E-state index contributed by atoms with van der Waals surface area (Å²) in [4.78, 5) is 12.0. The molecule has 0 unspecified atom stereocenters. The number of carbonyl (C=O) groups is 1. The van der Waals surface area contributed by atoms with Gasteiger partial charge in [-0.15, -0.1) is 0 Å². The van der Waals surface area contributed by atoms with E-state index in [4.69, 9.17) is 0 Å². The van der Waals surface area contributed by atoms with Crippen LogP contribution < -0.4 is 15.7 Å². The highest BCUT2D eigenvalue weighted by Gasteiger charge is 2.31. The summed E-state index contributed by atoms with van der Waals surface area (Å²) in [5, 5.41) is 4.99. The summed E-state index contributed by atoms with van der Waals surface area (Å²) in [6.07, 6.45) is 0. The molecule has 154 valence electrons. The molecule has 1 atom stereocenters. The summed E-state index contributed by atoms with van der Waals surface area (Å²) in [5.41, 5.74) is 2.51. The van der Waals surface area contributed by atoms with Crippen molar-refractivity contribution >= 4 is 23.7 Å². The summed E-state index contributed by atoms with van der Waals surface area (Å²) in [6.45, 7) is 1.56. The van der Waals surface area contributed by atoms with Crippen molar-refractivity contribution in [1.82, 2.24) is 5.09 Å². The molecule has 31 heavy (non-hydrogen) atoms. The molecule has 3 nitrogen and oxygen atoms in total. The van der Waals surface area contributed by atoms with Gasteiger partial charge in [0.2, 0.25) is 7.29 Å². The highest BCUT2D eigenvalue weighted by Crippen LogP contribution is 2.43. The third kappa shape index (κ3) is 4.59. The number of hydrogen-bond acceptors (Lipinski definition) is 2. The molecule has 0 spiro atoms. The van der Waals surface area contributed by atoms with Crippen LogP contribution in [0.1, 0.15) is 34.5 Å². The van der Waals surface area contributed by atoms with E-state index in [1.54, 1.807) is 6.92 Å². The van der Waals surface area contributed by atoms with Crippen LogP contribution in [0.4, 0.5) is 0 Å². The van der Waals surface area contributed by atoms with Crippen molar-refractivity contribution in [2.75, 3.05) is 0 Å². The number of ketones is 1. The molecular formula is C27H24NO2P. The lowest BCUT2D eigenvalue weighted by Crippen LogP contribution is -2.31. The smallest absolute Gasteiger partial charge is 0.205 e. The lowest BCUT2D eigenvalue weighted by molar-refractivity contribution is 0.101. The Morgan fingerprint density at radius 1 is 0.677 bits per heavy atom. The van der Waals surface area contributed by atoms with E-state index < -0.39 is 7.29 Å². The minimum Gasteiger partial charge on any atom is -0.296 e. The highest BCUT2D eigenvalue weighted by atomic mass is 31.2. The van der Waals surface area contributed by atoms with Gasteiger partial charge in [-0.05, 0) is 48.4 Å². The van der Waals surface area contributed by atoms with E-state index in [1.807, 2.05) is 115 Å². The van der Waals surface area contributed by atoms with Gasteiger partial charge in [0.25, 0.3) is 0 Å². The molecule has 0 bridgehead atoms. The van der Waals surface area contributed by atoms with Crippen LogP contribution in [0, 0.1) is 0 Å². The molecule has 0 fully saturated rings. The maximum absolute atomic E-state index is 14.6. The van der Waals surface area contributed by atoms with E-state index in [9.17, 15) is 9.36 Å². The van der Waals surface area contributed by atoms with E-state index in [1.165, 1.54) is 0 Å². The van der Waals surface area contributed by atoms with Gasteiger partial charge in [0.05, 0.1) is 6.04 Å². The third-order valence-corrected chi connectivity index (χ3v) is 7.98. The van der Waals surface area contributed by atoms with Crippen LogP contribution in [0.3, 0.4) is 0 Å². The van der Waals surface area contributed by atoms with Gasteiger partial charge in [-0.3, -0.25) is 9.36 Å². The number of Topliss-reactive ketones (excluding diaryl/α,β-unsaturated/α-hetero) is 1. The molecular weight excluding hydrogens is 401 g/mol. The summed E-state index contributed by atoms with van der Waals surface area (Å²) in [5.74, 6) is 0.00274. The normalized spacial score (nSPS) is 12.3. The monoisotopic (exact) mass is 425 g/mol. The zero-order chi connectivity index (χ0) is 21.7. The summed E-state index contributed by atoms with van der Waals surface area (Å²) >= 11 is 0. The second-order valence-electron chi connectivity index (χ2n) is 7.43. The summed E-state index contributed by atoms with van der Waals surface area (Å²) in [7, 11) is -3.18. The standard InChI is InChI=1S/C27H24NO2P/c1-21(29)23-14-11-15-24(20-23)27(22-12-5-2-6-13-22)28-31(30,25-16-7-3-8-17-25)26-18-9-4-10-19-26/h2-20,27H,1H3,(H,28,30)/t27-/m1/s1. The Labute approximate surface area is 183 Å².